The monoisotopic (exact) mass is 1020 g/mol. The molecule has 71 heavy (non-hydrogen) atoms. The van der Waals surface area contributed by atoms with Gasteiger partial charge in [0.05, 0.1) is 33.8 Å². The molecular weight excluding hydrogens is 904 g/mol. The van der Waals surface area contributed by atoms with Crippen LogP contribution in [0, 0.1) is 0 Å². The second kappa shape index (κ2) is 51.5. The zero-order valence-electron chi connectivity index (χ0n) is 47.4. The summed E-state index contributed by atoms with van der Waals surface area (Å²) < 4.78 is 30.3. The summed E-state index contributed by atoms with van der Waals surface area (Å²) in [4.78, 5) is 39.9. The molecule has 1 amide bonds. The maximum atomic E-state index is 13.5. The lowest BCUT2D eigenvalue weighted by molar-refractivity contribution is -0.870. The van der Waals surface area contributed by atoms with E-state index in [1.807, 2.05) is 33.3 Å². The number of hydrogen-bond donors (Lipinski definition) is 1. The number of nitrogens with one attached hydrogen (secondary N) is 1. The Hall–Kier alpha value is -2.03. The van der Waals surface area contributed by atoms with E-state index in [2.05, 4.69) is 62.5 Å². The summed E-state index contributed by atoms with van der Waals surface area (Å²) in [6, 6.07) is -0.894. The number of rotatable bonds is 54. The van der Waals surface area contributed by atoms with Crippen LogP contribution in [0.4, 0.5) is 0 Å². The number of esters is 1. The SMILES string of the molecule is CCCCC/C=C\C/C=C\CCCCCCCCCC(=O)OC(/C=C/CCCCCCCCCCCC)C(COP(=O)([O-])OCC[N+](C)(C)C)NC(=O)CCCCCCC/C=C/CCCCCCCCC. The molecule has 10 heteroatoms. The fourth-order valence-electron chi connectivity index (χ4n) is 8.55. The van der Waals surface area contributed by atoms with Gasteiger partial charge >= 0.3 is 5.97 Å². The van der Waals surface area contributed by atoms with Crippen molar-refractivity contribution in [3.8, 4) is 0 Å². The van der Waals surface area contributed by atoms with E-state index < -0.39 is 26.6 Å². The normalized spacial score (nSPS) is 14.1. The number of carbonyl (C=O) groups is 2. The standard InChI is InChI=1S/C61H115N2O7P/c1-7-10-13-16-19-22-25-28-30-32-34-36-39-42-45-48-51-54-61(65)70-59(52-49-46-43-40-37-27-24-21-18-15-12-9-3)58(57-69-71(66,67)68-56-55-63(4,5)6)62-60(64)53-50-47-44-41-38-35-33-31-29-26-23-20-17-14-11-8-2/h19,22,28,30-31,33,49,52,58-59H,7-18,20-21,23-27,29,32,34-48,50-51,53-57H2,1-6H3,(H-,62,64,66,67)/b22-19-,30-28-,33-31+,52-49+. The number of likely N-dealkylation sites (N-methyl/N-ethyl adjacent to an activating group) is 1. The molecule has 0 spiro atoms. The van der Waals surface area contributed by atoms with Gasteiger partial charge < -0.3 is 28.5 Å². The molecule has 3 unspecified atom stereocenters. The number of allylic oxidation sites excluding steroid dienone is 7. The van der Waals surface area contributed by atoms with Crippen molar-refractivity contribution in [3.63, 3.8) is 0 Å². The first kappa shape index (κ1) is 69.0. The van der Waals surface area contributed by atoms with E-state index >= 15 is 0 Å². The fraction of sp³-hybridized carbons (Fsp3) is 0.836. The van der Waals surface area contributed by atoms with E-state index in [1.165, 1.54) is 148 Å². The van der Waals surface area contributed by atoms with Crippen LogP contribution in [0.3, 0.4) is 0 Å². The smallest absolute Gasteiger partial charge is 0.306 e. The number of hydrogen-bond acceptors (Lipinski definition) is 7. The Kier molecular flexibility index (Phi) is 50.0. The summed E-state index contributed by atoms with van der Waals surface area (Å²) in [5.74, 6) is -0.554. The summed E-state index contributed by atoms with van der Waals surface area (Å²) in [6.45, 7) is 6.81. The highest BCUT2D eigenvalue weighted by Gasteiger charge is 2.27. The van der Waals surface area contributed by atoms with Gasteiger partial charge in [-0.2, -0.15) is 0 Å². The van der Waals surface area contributed by atoms with Gasteiger partial charge in [0, 0.05) is 12.8 Å². The number of carbonyl (C=O) groups excluding carboxylic acids is 2. The molecule has 0 aliphatic carbocycles. The molecule has 0 rings (SSSR count). The first-order valence-corrected chi connectivity index (χ1v) is 31.4. The number of nitrogens with zero attached hydrogens (tertiary/aromatic N) is 1. The Bertz CT molecular complexity index is 1360. The molecular formula is C61H115N2O7P. The van der Waals surface area contributed by atoms with E-state index in [9.17, 15) is 19.0 Å². The van der Waals surface area contributed by atoms with E-state index in [-0.39, 0.29) is 24.9 Å². The Balaban J connectivity index is 5.33. The Labute approximate surface area is 439 Å². The lowest BCUT2D eigenvalue weighted by atomic mass is 10.0. The molecule has 1 N–H and O–H groups in total. The minimum absolute atomic E-state index is 0.0251. The zero-order chi connectivity index (χ0) is 52.2. The molecule has 0 radical (unpaired) electrons. The highest BCUT2D eigenvalue weighted by atomic mass is 31.2. The summed E-state index contributed by atoms with van der Waals surface area (Å²) in [6.07, 6.45) is 62.1. The van der Waals surface area contributed by atoms with Crippen LogP contribution in [-0.2, 0) is 27.9 Å². The van der Waals surface area contributed by atoms with Crippen molar-refractivity contribution in [2.45, 2.75) is 290 Å². The highest BCUT2D eigenvalue weighted by Crippen LogP contribution is 2.38. The minimum Gasteiger partial charge on any atom is -0.756 e. The van der Waals surface area contributed by atoms with Crippen molar-refractivity contribution in [2.24, 2.45) is 0 Å². The average Bonchev–Trinajstić information content (AvgIpc) is 3.33. The van der Waals surface area contributed by atoms with Crippen LogP contribution in [0.2, 0.25) is 0 Å². The quantitative estimate of drug-likeness (QED) is 0.0212. The number of amides is 1. The number of unbranched alkanes of at least 4 members (excludes halogenated alkanes) is 32. The van der Waals surface area contributed by atoms with E-state index in [0.717, 1.165) is 96.3 Å². The summed E-state index contributed by atoms with van der Waals surface area (Å²) in [5, 5.41) is 3.02. The maximum absolute atomic E-state index is 13.5. The van der Waals surface area contributed by atoms with Crippen LogP contribution < -0.4 is 10.2 Å². The number of phosphoric ester groups is 1. The molecule has 0 saturated heterocycles. The van der Waals surface area contributed by atoms with Gasteiger partial charge in [0.2, 0.25) is 5.91 Å². The van der Waals surface area contributed by atoms with Crippen LogP contribution in [-0.4, -0.2) is 69.4 Å². The van der Waals surface area contributed by atoms with Gasteiger partial charge in [-0.1, -0.05) is 224 Å². The summed E-state index contributed by atoms with van der Waals surface area (Å²) in [5.41, 5.74) is 0. The molecule has 0 heterocycles. The van der Waals surface area contributed by atoms with Gasteiger partial charge in [-0.15, -0.1) is 0 Å². The number of ether oxygens (including phenoxy) is 1. The van der Waals surface area contributed by atoms with Crippen LogP contribution in [0.5, 0.6) is 0 Å². The van der Waals surface area contributed by atoms with Gasteiger partial charge in [-0.3, -0.25) is 14.2 Å². The minimum atomic E-state index is -4.70. The molecule has 0 fully saturated rings. The van der Waals surface area contributed by atoms with Crippen molar-refractivity contribution in [2.75, 3.05) is 40.9 Å². The zero-order valence-corrected chi connectivity index (χ0v) is 48.3. The van der Waals surface area contributed by atoms with Gasteiger partial charge in [-0.25, -0.2) is 0 Å². The van der Waals surface area contributed by atoms with Gasteiger partial charge in [0.15, 0.2) is 0 Å². The fourth-order valence-corrected chi connectivity index (χ4v) is 9.27. The van der Waals surface area contributed by atoms with Crippen molar-refractivity contribution in [1.82, 2.24) is 5.32 Å². The lowest BCUT2D eigenvalue weighted by Gasteiger charge is -2.30. The molecule has 9 nitrogen and oxygen atoms in total. The van der Waals surface area contributed by atoms with Crippen LogP contribution >= 0.6 is 7.82 Å². The molecule has 0 aromatic rings. The van der Waals surface area contributed by atoms with Crippen molar-refractivity contribution < 1.29 is 37.3 Å². The van der Waals surface area contributed by atoms with E-state index in [4.69, 9.17) is 13.8 Å². The van der Waals surface area contributed by atoms with Crippen LogP contribution in [0.25, 0.3) is 0 Å². The Morgan fingerprint density at radius 2 is 0.859 bits per heavy atom. The highest BCUT2D eigenvalue weighted by molar-refractivity contribution is 7.45. The van der Waals surface area contributed by atoms with Gasteiger partial charge in [0.25, 0.3) is 7.82 Å². The largest absolute Gasteiger partial charge is 0.756 e. The first-order valence-electron chi connectivity index (χ1n) is 29.9. The lowest BCUT2D eigenvalue weighted by Crippen LogP contribution is -2.47. The molecule has 3 atom stereocenters. The second-order valence-electron chi connectivity index (χ2n) is 21.5. The molecule has 416 valence electrons. The molecule has 0 aliphatic rings. The van der Waals surface area contributed by atoms with Crippen molar-refractivity contribution >= 4 is 19.7 Å². The predicted molar refractivity (Wildman–Crippen MR) is 302 cm³/mol. The molecule has 0 aliphatic heterocycles. The summed E-state index contributed by atoms with van der Waals surface area (Å²) >= 11 is 0. The van der Waals surface area contributed by atoms with Gasteiger partial charge in [-0.05, 0) is 89.5 Å². The van der Waals surface area contributed by atoms with E-state index in [1.54, 1.807) is 0 Å². The molecule has 0 aromatic heterocycles. The number of phosphoric acid groups is 1. The topological polar surface area (TPSA) is 114 Å². The molecule has 0 bridgehead atoms. The molecule has 0 aromatic carbocycles. The predicted octanol–water partition coefficient (Wildman–Crippen LogP) is 17.5. The van der Waals surface area contributed by atoms with Gasteiger partial charge in [0.1, 0.15) is 19.3 Å². The molecule has 0 saturated carbocycles. The maximum Gasteiger partial charge on any atom is 0.306 e. The summed E-state index contributed by atoms with van der Waals surface area (Å²) in [7, 11) is 1.18. The Morgan fingerprint density at radius 1 is 0.493 bits per heavy atom. The Morgan fingerprint density at radius 3 is 1.31 bits per heavy atom. The average molecular weight is 1020 g/mol. The third-order valence-corrected chi connectivity index (χ3v) is 14.2. The third kappa shape index (κ3) is 52.6. The van der Waals surface area contributed by atoms with Crippen LogP contribution in [0.15, 0.2) is 48.6 Å². The third-order valence-electron chi connectivity index (χ3n) is 13.2. The van der Waals surface area contributed by atoms with E-state index in [0.29, 0.717) is 17.4 Å². The second-order valence-corrected chi connectivity index (χ2v) is 22.9. The first-order chi connectivity index (χ1) is 34.4. The number of quaternary nitrogens is 1. The van der Waals surface area contributed by atoms with Crippen molar-refractivity contribution in [1.29, 1.82) is 0 Å². The van der Waals surface area contributed by atoms with Crippen molar-refractivity contribution in [3.05, 3.63) is 48.6 Å². The van der Waals surface area contributed by atoms with Crippen LogP contribution in [0.1, 0.15) is 278 Å².